The molecule has 0 fully saturated rings. The second-order valence-corrected chi connectivity index (χ2v) is 2.73. The molecule has 0 aliphatic carbocycles. The van der Waals surface area contributed by atoms with E-state index in [9.17, 15) is 4.79 Å². The Labute approximate surface area is 75.0 Å². The number of nitrogens with zero attached hydrogens (tertiary/aromatic N) is 1. The lowest BCUT2D eigenvalue weighted by Gasteiger charge is -2.07. The number of ether oxygens (including phenoxy) is 2. The highest BCUT2D eigenvalue weighted by atomic mass is 16.7. The first kappa shape index (κ1) is 7.91. The Morgan fingerprint density at radius 2 is 2.31 bits per heavy atom. The van der Waals surface area contributed by atoms with E-state index in [0.29, 0.717) is 5.88 Å². The van der Waals surface area contributed by atoms with Crippen molar-refractivity contribution in [3.63, 3.8) is 0 Å². The molecule has 13 heavy (non-hydrogen) atoms. The van der Waals surface area contributed by atoms with Crippen LogP contribution in [0.1, 0.15) is 5.69 Å². The van der Waals surface area contributed by atoms with E-state index in [1.54, 1.807) is 6.07 Å². The smallest absolute Gasteiger partial charge is 0.257 e. The van der Waals surface area contributed by atoms with E-state index < -0.39 is 0 Å². The van der Waals surface area contributed by atoms with Gasteiger partial charge in [0.15, 0.2) is 0 Å². The van der Waals surface area contributed by atoms with E-state index in [2.05, 4.69) is 0 Å². The Hall–Kier alpha value is -1.71. The molecule has 0 atom stereocenters. The first-order valence-corrected chi connectivity index (χ1v) is 3.92. The number of aromatic nitrogens is 1. The Kier molecular flexibility index (Phi) is 1.81. The molecule has 0 N–H and O–H groups in total. The summed E-state index contributed by atoms with van der Waals surface area (Å²) >= 11 is 0. The zero-order valence-electron chi connectivity index (χ0n) is 7.19. The highest BCUT2D eigenvalue weighted by Gasteiger charge is 2.11. The van der Waals surface area contributed by atoms with Gasteiger partial charge in [-0.3, -0.25) is 4.79 Å². The lowest BCUT2D eigenvalue weighted by molar-refractivity contribution is 0.0956. The van der Waals surface area contributed by atoms with Gasteiger partial charge in [-0.15, -0.1) is 0 Å². The van der Waals surface area contributed by atoms with E-state index in [4.69, 9.17) is 9.47 Å². The van der Waals surface area contributed by atoms with Crippen molar-refractivity contribution >= 4 is 5.88 Å². The van der Waals surface area contributed by atoms with Crippen LogP contribution in [0.3, 0.4) is 0 Å². The van der Waals surface area contributed by atoms with Crippen LogP contribution in [-0.2, 0) is 9.47 Å². The molecule has 1 aliphatic heterocycles. The number of aryl methyl sites for hydroxylation is 1. The summed E-state index contributed by atoms with van der Waals surface area (Å²) in [5, 5.41) is 0. The summed E-state index contributed by atoms with van der Waals surface area (Å²) in [6.07, 6.45) is 1.44. The summed E-state index contributed by atoms with van der Waals surface area (Å²) in [6.45, 7) is 2.01. The fraction of sp³-hybridized carbons (Fsp3) is 0.222. The SMILES string of the molecule is Cc1cccc(=O)n1C1=COCO1. The van der Waals surface area contributed by atoms with Crippen molar-refractivity contribution in [3.8, 4) is 0 Å². The first-order chi connectivity index (χ1) is 6.29. The van der Waals surface area contributed by atoms with Gasteiger partial charge in [-0.2, -0.15) is 0 Å². The summed E-state index contributed by atoms with van der Waals surface area (Å²) < 4.78 is 11.4. The molecular weight excluding hydrogens is 170 g/mol. The molecule has 0 saturated carbocycles. The van der Waals surface area contributed by atoms with Crippen LogP contribution in [0.5, 0.6) is 0 Å². The minimum absolute atomic E-state index is 0.114. The van der Waals surface area contributed by atoms with Crippen molar-refractivity contribution in [1.82, 2.24) is 4.57 Å². The van der Waals surface area contributed by atoms with Gasteiger partial charge in [0, 0.05) is 11.8 Å². The molecule has 0 aromatic carbocycles. The predicted octanol–water partition coefficient (Wildman–Crippen LogP) is 0.917. The van der Waals surface area contributed by atoms with E-state index >= 15 is 0 Å². The molecule has 2 rings (SSSR count). The van der Waals surface area contributed by atoms with Crippen LogP contribution < -0.4 is 5.56 Å². The molecule has 1 aromatic heterocycles. The number of pyridine rings is 1. The third-order valence-corrected chi connectivity index (χ3v) is 1.83. The lowest BCUT2D eigenvalue weighted by Crippen LogP contribution is -2.20. The average Bonchev–Trinajstić information content (AvgIpc) is 2.57. The van der Waals surface area contributed by atoms with Crippen LogP contribution in [0.2, 0.25) is 0 Å². The normalized spacial score (nSPS) is 14.7. The molecule has 4 nitrogen and oxygen atoms in total. The highest BCUT2D eigenvalue weighted by molar-refractivity contribution is 5.38. The Balaban J connectivity index is 2.56. The molecule has 0 saturated heterocycles. The molecule has 0 unspecified atom stereocenters. The molecular formula is C9H9NO3. The van der Waals surface area contributed by atoms with Gasteiger partial charge in [0.05, 0.1) is 0 Å². The van der Waals surface area contributed by atoms with Gasteiger partial charge in [0.2, 0.25) is 12.7 Å². The van der Waals surface area contributed by atoms with Gasteiger partial charge in [0.25, 0.3) is 5.56 Å². The molecule has 0 spiro atoms. The number of hydrogen-bond acceptors (Lipinski definition) is 3. The standard InChI is InChI=1S/C9H9NO3/c1-7-3-2-4-8(11)10(7)9-5-12-6-13-9/h2-5H,6H2,1H3. The number of rotatable bonds is 1. The van der Waals surface area contributed by atoms with E-state index in [1.165, 1.54) is 16.9 Å². The highest BCUT2D eigenvalue weighted by Crippen LogP contribution is 2.12. The first-order valence-electron chi connectivity index (χ1n) is 3.92. The van der Waals surface area contributed by atoms with Gasteiger partial charge in [-0.25, -0.2) is 4.57 Å². The maximum absolute atomic E-state index is 11.4. The summed E-state index contributed by atoms with van der Waals surface area (Å²) in [5.74, 6) is 0.447. The van der Waals surface area contributed by atoms with Crippen molar-refractivity contribution in [2.75, 3.05) is 6.79 Å². The van der Waals surface area contributed by atoms with Gasteiger partial charge < -0.3 is 9.47 Å². The largest absolute Gasteiger partial charge is 0.459 e. The summed E-state index contributed by atoms with van der Waals surface area (Å²) in [5.41, 5.74) is 0.709. The molecule has 4 heteroatoms. The van der Waals surface area contributed by atoms with E-state index in [-0.39, 0.29) is 12.4 Å². The lowest BCUT2D eigenvalue weighted by atomic mass is 10.3. The molecule has 0 amide bonds. The Morgan fingerprint density at radius 1 is 1.46 bits per heavy atom. The average molecular weight is 179 g/mol. The molecule has 0 bridgehead atoms. The predicted molar refractivity (Wildman–Crippen MR) is 46.7 cm³/mol. The molecule has 2 heterocycles. The summed E-state index contributed by atoms with van der Waals surface area (Å²) in [7, 11) is 0. The van der Waals surface area contributed by atoms with Crippen LogP contribution in [-0.4, -0.2) is 11.4 Å². The summed E-state index contributed by atoms with van der Waals surface area (Å²) in [6, 6.07) is 5.03. The topological polar surface area (TPSA) is 40.5 Å². The fourth-order valence-electron chi connectivity index (χ4n) is 1.23. The molecule has 68 valence electrons. The van der Waals surface area contributed by atoms with Gasteiger partial charge >= 0.3 is 0 Å². The monoisotopic (exact) mass is 179 g/mol. The second kappa shape index (κ2) is 2.97. The minimum atomic E-state index is -0.114. The number of hydrogen-bond donors (Lipinski definition) is 0. The maximum atomic E-state index is 11.4. The van der Waals surface area contributed by atoms with Gasteiger partial charge in [-0.1, -0.05) is 6.07 Å². The third kappa shape index (κ3) is 1.30. The molecule has 1 aliphatic rings. The molecule has 1 aromatic rings. The van der Waals surface area contributed by atoms with E-state index in [0.717, 1.165) is 5.69 Å². The van der Waals surface area contributed by atoms with Crippen LogP contribution in [0, 0.1) is 6.92 Å². The Morgan fingerprint density at radius 3 is 2.92 bits per heavy atom. The quantitative estimate of drug-likeness (QED) is 0.643. The van der Waals surface area contributed by atoms with Crippen LogP contribution in [0.25, 0.3) is 5.88 Å². The van der Waals surface area contributed by atoms with Crippen molar-refractivity contribution in [2.45, 2.75) is 6.92 Å². The summed E-state index contributed by atoms with van der Waals surface area (Å²) in [4.78, 5) is 11.4. The van der Waals surface area contributed by atoms with Crippen molar-refractivity contribution < 1.29 is 9.47 Å². The maximum Gasteiger partial charge on any atom is 0.257 e. The fourth-order valence-corrected chi connectivity index (χ4v) is 1.23. The zero-order valence-corrected chi connectivity index (χ0v) is 7.19. The van der Waals surface area contributed by atoms with E-state index in [1.807, 2.05) is 13.0 Å². The zero-order chi connectivity index (χ0) is 9.26. The van der Waals surface area contributed by atoms with Crippen LogP contribution >= 0.6 is 0 Å². The molecule has 0 radical (unpaired) electrons. The third-order valence-electron chi connectivity index (χ3n) is 1.83. The van der Waals surface area contributed by atoms with Gasteiger partial charge in [0.1, 0.15) is 6.26 Å². The van der Waals surface area contributed by atoms with Gasteiger partial charge in [-0.05, 0) is 13.0 Å². The Bertz CT molecular complexity index is 406. The van der Waals surface area contributed by atoms with Crippen LogP contribution in [0.15, 0.2) is 29.3 Å². The van der Waals surface area contributed by atoms with Crippen LogP contribution in [0.4, 0.5) is 0 Å². The van der Waals surface area contributed by atoms with Crippen molar-refractivity contribution in [2.24, 2.45) is 0 Å². The van der Waals surface area contributed by atoms with Crippen molar-refractivity contribution in [1.29, 1.82) is 0 Å². The second-order valence-electron chi connectivity index (χ2n) is 2.73. The van der Waals surface area contributed by atoms with Crippen molar-refractivity contribution in [3.05, 3.63) is 40.5 Å². The minimum Gasteiger partial charge on any atom is -0.459 e.